The number of carbonyl (C=O) groups is 1. The van der Waals surface area contributed by atoms with Crippen LogP contribution in [0.4, 0.5) is 5.69 Å². The van der Waals surface area contributed by atoms with E-state index in [1.54, 1.807) is 49.4 Å². The van der Waals surface area contributed by atoms with Gasteiger partial charge in [-0.3, -0.25) is 4.79 Å². The summed E-state index contributed by atoms with van der Waals surface area (Å²) in [7, 11) is -3.39. The number of amides is 1. The van der Waals surface area contributed by atoms with Crippen LogP contribution in [0.2, 0.25) is 0 Å². The highest BCUT2D eigenvalue weighted by molar-refractivity contribution is 7.91. The molecule has 6 nitrogen and oxygen atoms in total. The average Bonchev–Trinajstić information content (AvgIpc) is 3.12. The molecule has 1 aliphatic rings. The lowest BCUT2D eigenvalue weighted by atomic mass is 9.98. The first kappa shape index (κ1) is 19.4. The van der Waals surface area contributed by atoms with Crippen molar-refractivity contribution in [2.75, 3.05) is 11.1 Å². The molecule has 1 amide bonds. The molecule has 0 aliphatic heterocycles. The maximum atomic E-state index is 12.4. The summed E-state index contributed by atoms with van der Waals surface area (Å²) >= 11 is 0. The molecule has 27 heavy (non-hydrogen) atoms. The maximum Gasteiger partial charge on any atom is 0.244 e. The summed E-state index contributed by atoms with van der Waals surface area (Å²) in [6.45, 7) is 1.60. The molecule has 0 heterocycles. The van der Waals surface area contributed by atoms with Gasteiger partial charge in [-0.15, -0.1) is 0 Å². The van der Waals surface area contributed by atoms with Gasteiger partial charge < -0.3 is 15.8 Å². The van der Waals surface area contributed by atoms with Crippen LogP contribution in [0.1, 0.15) is 32.6 Å². The van der Waals surface area contributed by atoms with E-state index >= 15 is 0 Å². The second kappa shape index (κ2) is 7.70. The minimum absolute atomic E-state index is 0.000812. The predicted molar refractivity (Wildman–Crippen MR) is 105 cm³/mol. The third-order valence-corrected chi connectivity index (χ3v) is 6.62. The molecule has 0 saturated heterocycles. The number of hydrogen-bond acceptors (Lipinski definition) is 5. The topological polar surface area (TPSA) is 98.5 Å². The Balaban J connectivity index is 1.73. The van der Waals surface area contributed by atoms with Crippen LogP contribution in [0.25, 0.3) is 0 Å². The number of nitrogens with two attached hydrogens (primary N) is 1. The fourth-order valence-electron chi connectivity index (χ4n) is 3.17. The molecule has 0 atom stereocenters. The smallest absolute Gasteiger partial charge is 0.244 e. The maximum absolute atomic E-state index is 12.4. The average molecular weight is 388 g/mol. The Bertz CT molecular complexity index is 917. The van der Waals surface area contributed by atoms with Crippen molar-refractivity contribution in [1.29, 1.82) is 0 Å². The highest BCUT2D eigenvalue weighted by atomic mass is 32.2. The van der Waals surface area contributed by atoms with E-state index in [4.69, 9.17) is 10.5 Å². The Hall–Kier alpha value is -2.38. The Kier molecular flexibility index (Phi) is 5.53. The summed E-state index contributed by atoms with van der Waals surface area (Å²) in [5, 5.41) is 2.84. The van der Waals surface area contributed by atoms with Crippen molar-refractivity contribution in [3.05, 3.63) is 48.5 Å². The number of rotatable bonds is 6. The highest BCUT2D eigenvalue weighted by Crippen LogP contribution is 2.31. The molecular weight excluding hydrogens is 364 g/mol. The lowest BCUT2D eigenvalue weighted by Gasteiger charge is -2.22. The van der Waals surface area contributed by atoms with Crippen molar-refractivity contribution in [2.24, 2.45) is 5.73 Å². The van der Waals surface area contributed by atoms with E-state index in [1.165, 1.54) is 6.07 Å². The zero-order chi connectivity index (χ0) is 19.5. The van der Waals surface area contributed by atoms with Gasteiger partial charge in [-0.05, 0) is 49.2 Å². The molecule has 0 aromatic heterocycles. The van der Waals surface area contributed by atoms with E-state index in [-0.39, 0.29) is 22.3 Å². The Morgan fingerprint density at radius 1 is 1.11 bits per heavy atom. The monoisotopic (exact) mass is 388 g/mol. The van der Waals surface area contributed by atoms with Gasteiger partial charge in [-0.25, -0.2) is 8.42 Å². The van der Waals surface area contributed by atoms with E-state index in [1.807, 2.05) is 0 Å². The number of hydrogen-bond donors (Lipinski definition) is 2. The number of benzene rings is 2. The molecule has 2 aromatic carbocycles. The van der Waals surface area contributed by atoms with Crippen LogP contribution in [0.15, 0.2) is 53.4 Å². The van der Waals surface area contributed by atoms with Gasteiger partial charge in [-0.1, -0.05) is 31.9 Å². The quantitative estimate of drug-likeness (QED) is 0.789. The predicted octanol–water partition coefficient (Wildman–Crippen LogP) is 3.48. The van der Waals surface area contributed by atoms with Crippen molar-refractivity contribution in [3.63, 3.8) is 0 Å². The summed E-state index contributed by atoms with van der Waals surface area (Å²) in [6, 6.07) is 13.3. The molecule has 3 N–H and O–H groups in total. The molecule has 0 spiro atoms. The van der Waals surface area contributed by atoms with Crippen LogP contribution < -0.4 is 15.8 Å². The zero-order valence-electron chi connectivity index (χ0n) is 15.3. The van der Waals surface area contributed by atoms with Gasteiger partial charge in [0.1, 0.15) is 16.4 Å². The van der Waals surface area contributed by atoms with Crippen molar-refractivity contribution in [3.8, 4) is 11.5 Å². The number of ether oxygens (including phenoxy) is 1. The summed E-state index contributed by atoms with van der Waals surface area (Å²) in [5.41, 5.74) is 5.99. The first-order chi connectivity index (χ1) is 12.8. The lowest BCUT2D eigenvalue weighted by molar-refractivity contribution is -0.121. The third kappa shape index (κ3) is 4.31. The molecule has 0 bridgehead atoms. The van der Waals surface area contributed by atoms with Crippen LogP contribution >= 0.6 is 0 Å². The van der Waals surface area contributed by atoms with E-state index in [0.29, 0.717) is 24.3 Å². The zero-order valence-corrected chi connectivity index (χ0v) is 16.1. The molecule has 1 saturated carbocycles. The number of anilines is 1. The number of sulfone groups is 1. The second-order valence-electron chi connectivity index (χ2n) is 6.79. The number of nitrogens with one attached hydrogen (secondary N) is 1. The SMILES string of the molecule is CCS(=O)(=O)c1ccccc1Oc1ccc(NC(=O)C2(N)CCCC2)cc1. The Morgan fingerprint density at radius 3 is 2.37 bits per heavy atom. The van der Waals surface area contributed by atoms with Crippen molar-refractivity contribution < 1.29 is 17.9 Å². The molecule has 3 rings (SSSR count). The van der Waals surface area contributed by atoms with Crippen LogP contribution in [0, 0.1) is 0 Å². The van der Waals surface area contributed by atoms with Gasteiger partial charge in [0.2, 0.25) is 5.91 Å². The number of carbonyl (C=O) groups excluding carboxylic acids is 1. The van der Waals surface area contributed by atoms with Gasteiger partial charge in [0.25, 0.3) is 0 Å². The summed E-state index contributed by atoms with van der Waals surface area (Å²) in [4.78, 5) is 12.5. The minimum Gasteiger partial charge on any atom is -0.456 e. The molecular formula is C20H24N2O4S. The van der Waals surface area contributed by atoms with Gasteiger partial charge in [-0.2, -0.15) is 0 Å². The van der Waals surface area contributed by atoms with Crippen LogP contribution in [-0.2, 0) is 14.6 Å². The van der Waals surface area contributed by atoms with Gasteiger partial charge in [0, 0.05) is 5.69 Å². The molecule has 2 aromatic rings. The Morgan fingerprint density at radius 2 is 1.74 bits per heavy atom. The Labute approximate surface area is 159 Å². The third-order valence-electron chi connectivity index (χ3n) is 4.85. The molecule has 1 fully saturated rings. The van der Waals surface area contributed by atoms with E-state index < -0.39 is 15.4 Å². The first-order valence-electron chi connectivity index (χ1n) is 9.04. The molecule has 1 aliphatic carbocycles. The van der Waals surface area contributed by atoms with Crippen LogP contribution in [0.5, 0.6) is 11.5 Å². The van der Waals surface area contributed by atoms with Crippen LogP contribution in [-0.4, -0.2) is 25.6 Å². The van der Waals surface area contributed by atoms with Crippen molar-refractivity contribution >= 4 is 21.4 Å². The highest BCUT2D eigenvalue weighted by Gasteiger charge is 2.36. The summed E-state index contributed by atoms with van der Waals surface area (Å²) in [5.74, 6) is 0.588. The minimum atomic E-state index is -3.39. The van der Waals surface area contributed by atoms with Gasteiger partial charge >= 0.3 is 0 Å². The second-order valence-corrected chi connectivity index (χ2v) is 9.04. The van der Waals surface area contributed by atoms with Crippen molar-refractivity contribution in [1.82, 2.24) is 0 Å². The standard InChI is InChI=1S/C20H24N2O4S/c1-2-27(24,25)18-8-4-3-7-17(18)26-16-11-9-15(10-12-16)22-19(23)20(21)13-5-6-14-20/h3-4,7-12H,2,5-6,13-14,21H2,1H3,(H,22,23). The fraction of sp³-hybridized carbons (Fsp3) is 0.350. The van der Waals surface area contributed by atoms with E-state index in [0.717, 1.165) is 12.8 Å². The van der Waals surface area contributed by atoms with Crippen molar-refractivity contribution in [2.45, 2.75) is 43.0 Å². The molecule has 0 radical (unpaired) electrons. The first-order valence-corrected chi connectivity index (χ1v) is 10.7. The molecule has 144 valence electrons. The van der Waals surface area contributed by atoms with Gasteiger partial charge in [0.05, 0.1) is 11.3 Å². The fourth-order valence-corrected chi connectivity index (χ4v) is 4.18. The molecule has 0 unspecified atom stereocenters. The van der Waals surface area contributed by atoms with E-state index in [2.05, 4.69) is 5.32 Å². The summed E-state index contributed by atoms with van der Waals surface area (Å²) < 4.78 is 30.2. The van der Waals surface area contributed by atoms with E-state index in [9.17, 15) is 13.2 Å². The normalized spacial score (nSPS) is 16.1. The lowest BCUT2D eigenvalue weighted by Crippen LogP contribution is -2.48. The molecule has 7 heteroatoms. The van der Waals surface area contributed by atoms with Gasteiger partial charge in [0.15, 0.2) is 9.84 Å². The summed E-state index contributed by atoms with van der Waals surface area (Å²) in [6.07, 6.45) is 3.33. The van der Waals surface area contributed by atoms with Crippen LogP contribution in [0.3, 0.4) is 0 Å². The number of para-hydroxylation sites is 1. The largest absolute Gasteiger partial charge is 0.456 e.